The van der Waals surface area contributed by atoms with Crippen LogP contribution in [0.1, 0.15) is 30.6 Å². The number of hydrogen-bond donors (Lipinski definition) is 2. The van der Waals surface area contributed by atoms with Crippen molar-refractivity contribution in [3.8, 4) is 11.5 Å². The van der Waals surface area contributed by atoms with E-state index in [-0.39, 0.29) is 30.0 Å². The van der Waals surface area contributed by atoms with Crippen LogP contribution in [-0.4, -0.2) is 37.2 Å². The first-order chi connectivity index (χ1) is 10.7. The lowest BCUT2D eigenvalue weighted by molar-refractivity contribution is -0.147. The molecule has 0 heterocycles. The molecular formula is C15H19F2NO5. The largest absolute Gasteiger partial charge is 0.493 e. The molecule has 6 nitrogen and oxygen atoms in total. The van der Waals surface area contributed by atoms with Gasteiger partial charge in [0.15, 0.2) is 11.5 Å². The Morgan fingerprint density at radius 3 is 2.52 bits per heavy atom. The number of carbonyl (C=O) groups is 2. The zero-order valence-corrected chi connectivity index (χ0v) is 13.1. The molecule has 0 fully saturated rings. The first-order valence-electron chi connectivity index (χ1n) is 6.82. The van der Waals surface area contributed by atoms with Crippen LogP contribution in [0.3, 0.4) is 0 Å². The van der Waals surface area contributed by atoms with Crippen LogP contribution < -0.4 is 14.8 Å². The summed E-state index contributed by atoms with van der Waals surface area (Å²) in [4.78, 5) is 23.1. The zero-order valence-electron chi connectivity index (χ0n) is 13.1. The Hall–Kier alpha value is -2.38. The van der Waals surface area contributed by atoms with Gasteiger partial charge in [0, 0.05) is 6.54 Å². The number of amides is 1. The van der Waals surface area contributed by atoms with Crippen LogP contribution in [0.25, 0.3) is 0 Å². The zero-order chi connectivity index (χ0) is 17.6. The van der Waals surface area contributed by atoms with Gasteiger partial charge in [0.1, 0.15) is 0 Å². The number of carboxylic acid groups (broad SMARTS) is 1. The van der Waals surface area contributed by atoms with Crippen molar-refractivity contribution in [1.82, 2.24) is 5.32 Å². The van der Waals surface area contributed by atoms with Gasteiger partial charge in [-0.25, -0.2) is 0 Å². The van der Waals surface area contributed by atoms with Crippen LogP contribution in [0.5, 0.6) is 11.5 Å². The molecule has 0 atom stereocenters. The molecule has 1 amide bonds. The number of halogens is 2. The number of benzene rings is 1. The fourth-order valence-electron chi connectivity index (χ4n) is 1.76. The average Bonchev–Trinajstić information content (AvgIpc) is 2.46. The van der Waals surface area contributed by atoms with Gasteiger partial charge in [0.05, 0.1) is 18.1 Å². The molecule has 0 bridgehead atoms. The maximum atomic E-state index is 12.5. The molecule has 0 saturated heterocycles. The van der Waals surface area contributed by atoms with E-state index < -0.39 is 23.9 Å². The highest BCUT2D eigenvalue weighted by molar-refractivity contribution is 5.97. The van der Waals surface area contributed by atoms with Crippen LogP contribution >= 0.6 is 0 Å². The number of para-hydroxylation sites is 1. The number of rotatable bonds is 8. The van der Waals surface area contributed by atoms with Crippen molar-refractivity contribution < 1.29 is 33.0 Å². The predicted molar refractivity (Wildman–Crippen MR) is 78.0 cm³/mol. The van der Waals surface area contributed by atoms with Crippen molar-refractivity contribution in [2.75, 3.05) is 13.7 Å². The molecule has 8 heteroatoms. The van der Waals surface area contributed by atoms with Gasteiger partial charge < -0.3 is 19.9 Å². The van der Waals surface area contributed by atoms with Gasteiger partial charge in [-0.05, 0) is 32.4 Å². The summed E-state index contributed by atoms with van der Waals surface area (Å²) in [7, 11) is 1.27. The van der Waals surface area contributed by atoms with Crippen molar-refractivity contribution in [2.24, 2.45) is 5.41 Å². The Kier molecular flexibility index (Phi) is 6.29. The molecule has 0 unspecified atom stereocenters. The lowest BCUT2D eigenvalue weighted by atomic mass is 9.90. The first-order valence-corrected chi connectivity index (χ1v) is 6.82. The third-order valence-corrected chi connectivity index (χ3v) is 3.26. The van der Waals surface area contributed by atoms with Crippen molar-refractivity contribution in [3.05, 3.63) is 23.8 Å². The summed E-state index contributed by atoms with van der Waals surface area (Å²) < 4.78 is 34.3. The van der Waals surface area contributed by atoms with Gasteiger partial charge in [0.25, 0.3) is 5.91 Å². The van der Waals surface area contributed by atoms with E-state index >= 15 is 0 Å². The molecule has 0 aliphatic carbocycles. The topological polar surface area (TPSA) is 84.9 Å². The van der Waals surface area contributed by atoms with Gasteiger partial charge >= 0.3 is 12.6 Å². The second kappa shape index (κ2) is 7.75. The number of alkyl halides is 2. The summed E-state index contributed by atoms with van der Waals surface area (Å²) in [6.07, 6.45) is 0.184. The Bertz CT molecular complexity index is 575. The summed E-state index contributed by atoms with van der Waals surface area (Å²) in [6, 6.07) is 4.17. The first kappa shape index (κ1) is 18.7. The highest BCUT2D eigenvalue weighted by atomic mass is 19.3. The molecule has 1 aromatic carbocycles. The molecule has 0 saturated carbocycles. The van der Waals surface area contributed by atoms with Crippen LogP contribution in [0.4, 0.5) is 8.78 Å². The summed E-state index contributed by atoms with van der Waals surface area (Å²) in [5, 5.41) is 11.5. The molecule has 23 heavy (non-hydrogen) atoms. The molecule has 1 aromatic rings. The summed E-state index contributed by atoms with van der Waals surface area (Å²) >= 11 is 0. The Labute approximate surface area is 132 Å². The number of carbonyl (C=O) groups excluding carboxylic acids is 1. The number of nitrogens with one attached hydrogen (secondary N) is 1. The van der Waals surface area contributed by atoms with Crippen molar-refractivity contribution >= 4 is 11.9 Å². The van der Waals surface area contributed by atoms with E-state index in [2.05, 4.69) is 10.1 Å². The number of carboxylic acids is 1. The smallest absolute Gasteiger partial charge is 0.387 e. The summed E-state index contributed by atoms with van der Waals surface area (Å²) in [6.45, 7) is 0.0176. The van der Waals surface area contributed by atoms with Gasteiger partial charge in [0.2, 0.25) is 0 Å². The molecule has 0 radical (unpaired) electrons. The minimum atomic E-state index is -3.11. The van der Waals surface area contributed by atoms with E-state index in [4.69, 9.17) is 9.84 Å². The number of hydrogen-bond acceptors (Lipinski definition) is 4. The SMILES string of the molecule is COc1cccc(C(=O)NCCC(C)(C)C(=O)O)c1OC(F)F. The van der Waals surface area contributed by atoms with Gasteiger partial charge in [-0.3, -0.25) is 9.59 Å². The highest BCUT2D eigenvalue weighted by Gasteiger charge is 2.27. The molecule has 128 valence electrons. The van der Waals surface area contributed by atoms with E-state index in [0.29, 0.717) is 0 Å². The van der Waals surface area contributed by atoms with E-state index in [0.717, 1.165) is 0 Å². The summed E-state index contributed by atoms with van der Waals surface area (Å²) in [5.41, 5.74) is -1.12. The normalized spacial score (nSPS) is 11.2. The molecule has 0 aliphatic rings. The summed E-state index contributed by atoms with van der Waals surface area (Å²) in [5.74, 6) is -2.00. The maximum Gasteiger partial charge on any atom is 0.387 e. The molecule has 0 aromatic heterocycles. The Balaban J connectivity index is 2.85. The van der Waals surface area contributed by atoms with Crippen molar-refractivity contribution in [1.29, 1.82) is 0 Å². The lowest BCUT2D eigenvalue weighted by Crippen LogP contribution is -2.32. The average molecular weight is 331 g/mol. The van der Waals surface area contributed by atoms with Crippen LogP contribution in [0.15, 0.2) is 18.2 Å². The predicted octanol–water partition coefficient (Wildman–Crippen LogP) is 2.53. The van der Waals surface area contributed by atoms with Crippen LogP contribution in [-0.2, 0) is 4.79 Å². The fraction of sp³-hybridized carbons (Fsp3) is 0.467. The molecular weight excluding hydrogens is 312 g/mol. The lowest BCUT2D eigenvalue weighted by Gasteiger charge is -2.19. The number of aliphatic carboxylic acids is 1. The minimum Gasteiger partial charge on any atom is -0.493 e. The number of methoxy groups -OCH3 is 1. The minimum absolute atomic E-state index is 0.00353. The fourth-order valence-corrected chi connectivity index (χ4v) is 1.76. The maximum absolute atomic E-state index is 12.5. The second-order valence-electron chi connectivity index (χ2n) is 5.41. The van der Waals surface area contributed by atoms with Crippen LogP contribution in [0.2, 0.25) is 0 Å². The van der Waals surface area contributed by atoms with Gasteiger partial charge in [-0.1, -0.05) is 6.07 Å². The van der Waals surface area contributed by atoms with E-state index in [1.165, 1.54) is 39.2 Å². The quantitative estimate of drug-likeness (QED) is 0.764. The van der Waals surface area contributed by atoms with Crippen LogP contribution in [0, 0.1) is 5.41 Å². The van der Waals surface area contributed by atoms with Gasteiger partial charge in [-0.2, -0.15) is 8.78 Å². The van der Waals surface area contributed by atoms with Crippen molar-refractivity contribution in [3.63, 3.8) is 0 Å². The van der Waals surface area contributed by atoms with Crippen molar-refractivity contribution in [2.45, 2.75) is 26.9 Å². The molecule has 0 spiro atoms. The number of ether oxygens (including phenoxy) is 2. The molecule has 0 aliphatic heterocycles. The molecule has 1 rings (SSSR count). The third kappa shape index (κ3) is 5.08. The highest BCUT2D eigenvalue weighted by Crippen LogP contribution is 2.32. The third-order valence-electron chi connectivity index (χ3n) is 3.26. The monoisotopic (exact) mass is 331 g/mol. The second-order valence-corrected chi connectivity index (χ2v) is 5.41. The van der Waals surface area contributed by atoms with E-state index in [1.54, 1.807) is 0 Å². The van der Waals surface area contributed by atoms with Gasteiger partial charge in [-0.15, -0.1) is 0 Å². The Morgan fingerprint density at radius 2 is 2.00 bits per heavy atom. The van der Waals surface area contributed by atoms with E-state index in [9.17, 15) is 18.4 Å². The standard InChI is InChI=1S/C15H19F2NO5/c1-15(2,13(20)21)7-8-18-12(19)9-5-4-6-10(22-3)11(9)23-14(16)17/h4-6,14H,7-8H2,1-3H3,(H,18,19)(H,20,21). The molecule has 2 N–H and O–H groups in total. The Morgan fingerprint density at radius 1 is 1.35 bits per heavy atom. The van der Waals surface area contributed by atoms with E-state index in [1.807, 2.05) is 0 Å².